The summed E-state index contributed by atoms with van der Waals surface area (Å²) in [4.78, 5) is 75.3. The number of β-lactam (4-membered cyclic amide) rings is 1. The van der Waals surface area contributed by atoms with Crippen LogP contribution in [-0.2, 0) is 35.4 Å². The fraction of sp³-hybridized carbons (Fsp3) is 0.400. The molecule has 2 atom stereocenters. The van der Waals surface area contributed by atoms with Gasteiger partial charge in [-0.15, -0.1) is 23.1 Å². The van der Waals surface area contributed by atoms with Crippen molar-refractivity contribution in [3.63, 3.8) is 0 Å². The molecule has 45 heavy (non-hydrogen) atoms. The minimum absolute atomic E-state index is 0.00519. The minimum atomic E-state index is -1.79. The van der Waals surface area contributed by atoms with Crippen LogP contribution in [-0.4, -0.2) is 94.9 Å². The highest BCUT2D eigenvalue weighted by Gasteiger charge is 2.54. The molecular weight excluding hydrogens is 634 g/mol. The van der Waals surface area contributed by atoms with Crippen LogP contribution < -0.4 is 26.7 Å². The van der Waals surface area contributed by atoms with Gasteiger partial charge in [0.05, 0.1) is 0 Å². The summed E-state index contributed by atoms with van der Waals surface area (Å²) in [5.74, 6) is -4.83. The smallest absolute Gasteiger partial charge is 0.352 e. The van der Waals surface area contributed by atoms with E-state index >= 15 is 0 Å². The molecule has 1 unspecified atom stereocenters. The lowest BCUT2D eigenvalue weighted by Gasteiger charge is -2.49. The molecule has 0 aliphatic carbocycles. The Morgan fingerprint density at radius 3 is 2.60 bits per heavy atom. The van der Waals surface area contributed by atoms with Crippen molar-refractivity contribution in [3.05, 3.63) is 34.9 Å². The topological polar surface area (TPSA) is 277 Å². The highest BCUT2D eigenvalue weighted by atomic mass is 32.2. The molecule has 2 aromatic heterocycles. The molecular formula is C25H30N9O9S2+. The average Bonchev–Trinajstić information content (AvgIpc) is 3.40. The predicted molar refractivity (Wildman–Crippen MR) is 160 cm³/mol. The standard InChI is InChI=1S/C25H29N9O9S2/c1-25(2,23(41)42)43-32-15(13-9-45-24(27)30-13)19(37)31-16-20(38)34-17(22(39)40)11(8-44-21(16)34)6-33-7-12(18(26)29-10-33)28-5-3-4-14(35)36/h7,9-10,16,21,26,28H,3-6,8H2,1-2H3,(H6,27,30,31,35,36,37,39,40,41,42)/p+1/b32-15-/t16-,21?/m1/s1. The number of nitrogens with zero attached hydrogens (tertiary/aromatic N) is 5. The van der Waals surface area contributed by atoms with Crippen molar-refractivity contribution in [1.82, 2.24) is 20.2 Å². The highest BCUT2D eigenvalue weighted by Crippen LogP contribution is 2.40. The van der Waals surface area contributed by atoms with E-state index in [0.717, 1.165) is 16.2 Å². The second-order valence-electron chi connectivity index (χ2n) is 10.3. The molecule has 0 saturated carbocycles. The number of fused-ring (bicyclic) bond motifs is 1. The summed E-state index contributed by atoms with van der Waals surface area (Å²) in [6.07, 6.45) is 3.33. The fourth-order valence-corrected chi connectivity index (χ4v) is 6.07. The first kappa shape index (κ1) is 32.9. The van der Waals surface area contributed by atoms with Crippen molar-refractivity contribution in [2.75, 3.05) is 29.1 Å². The molecule has 1 saturated heterocycles. The van der Waals surface area contributed by atoms with Crippen molar-refractivity contribution in [1.29, 1.82) is 0 Å². The highest BCUT2D eigenvalue weighted by molar-refractivity contribution is 8.00. The molecule has 9 N–H and O–H groups in total. The number of carboxylic acids is 3. The van der Waals surface area contributed by atoms with Crippen molar-refractivity contribution in [3.8, 4) is 0 Å². The van der Waals surface area contributed by atoms with Crippen LogP contribution in [0.2, 0.25) is 0 Å². The van der Waals surface area contributed by atoms with E-state index in [0.29, 0.717) is 24.2 Å². The number of nitrogen functional groups attached to an aromatic ring is 2. The van der Waals surface area contributed by atoms with Crippen LogP contribution in [0.5, 0.6) is 0 Å². The van der Waals surface area contributed by atoms with Gasteiger partial charge in [-0.2, -0.15) is 0 Å². The van der Waals surface area contributed by atoms with Crippen LogP contribution in [0.25, 0.3) is 0 Å². The number of carboxylic acid groups (broad SMARTS) is 3. The van der Waals surface area contributed by atoms with Crippen molar-refractivity contribution in [2.24, 2.45) is 5.16 Å². The quantitative estimate of drug-likeness (QED) is 0.0432. The maximum Gasteiger partial charge on any atom is 0.352 e. The van der Waals surface area contributed by atoms with E-state index in [1.165, 1.54) is 37.3 Å². The summed E-state index contributed by atoms with van der Waals surface area (Å²) < 4.78 is 1.58. The molecule has 4 rings (SSSR count). The number of thiazole rings is 1. The third-order valence-corrected chi connectivity index (χ3v) is 8.58. The molecule has 20 heteroatoms. The molecule has 18 nitrogen and oxygen atoms in total. The van der Waals surface area contributed by atoms with Crippen molar-refractivity contribution < 1.29 is 48.7 Å². The van der Waals surface area contributed by atoms with Crippen LogP contribution in [0.3, 0.4) is 0 Å². The Labute approximate surface area is 263 Å². The van der Waals surface area contributed by atoms with E-state index in [9.17, 15) is 34.2 Å². The summed E-state index contributed by atoms with van der Waals surface area (Å²) in [6.45, 7) is 2.83. The molecule has 2 amide bonds. The predicted octanol–water partition coefficient (Wildman–Crippen LogP) is -0.711. The maximum absolute atomic E-state index is 13.3. The molecule has 4 heterocycles. The molecule has 2 aliphatic heterocycles. The van der Waals surface area contributed by atoms with E-state index in [1.807, 2.05) is 0 Å². The molecule has 0 spiro atoms. The Balaban J connectivity index is 1.51. The first-order valence-corrected chi connectivity index (χ1v) is 15.1. The number of hydrogen-bond donors (Lipinski definition) is 7. The molecule has 0 aromatic carbocycles. The van der Waals surface area contributed by atoms with Crippen LogP contribution in [0.4, 0.5) is 16.6 Å². The van der Waals surface area contributed by atoms with Gasteiger partial charge in [0.1, 0.15) is 41.2 Å². The zero-order chi connectivity index (χ0) is 33.1. The fourth-order valence-electron chi connectivity index (χ4n) is 4.19. The van der Waals surface area contributed by atoms with E-state index in [-0.39, 0.29) is 41.1 Å². The van der Waals surface area contributed by atoms with Crippen molar-refractivity contribution >= 4 is 75.2 Å². The first-order chi connectivity index (χ1) is 21.2. The SMILES string of the molecule is CC(C)(O/N=C(\C(=O)N[C@@H]1C(=O)N2C(C(=O)O)=C(C[n+]3cnc(N)c(NCCCC(=O)O)c3)CSC12)c1csc(N)n1)C(=O)O. The average molecular weight is 665 g/mol. The van der Waals surface area contributed by atoms with Gasteiger partial charge in [0.15, 0.2) is 10.8 Å². The summed E-state index contributed by atoms with van der Waals surface area (Å²) in [6, 6.07) is -1.13. The number of nitrogens with two attached hydrogens (primary N) is 2. The number of thioether (sulfide) groups is 1. The monoisotopic (exact) mass is 664 g/mol. The first-order valence-electron chi connectivity index (χ1n) is 13.2. The van der Waals surface area contributed by atoms with Crippen LogP contribution >= 0.6 is 23.1 Å². The third-order valence-electron chi connectivity index (χ3n) is 6.57. The number of nitrogens with one attached hydrogen (secondary N) is 2. The zero-order valence-corrected chi connectivity index (χ0v) is 25.6. The minimum Gasteiger partial charge on any atom is -0.481 e. The van der Waals surface area contributed by atoms with Crippen LogP contribution in [0, 0.1) is 0 Å². The number of carbonyl (C=O) groups excluding carboxylic acids is 2. The van der Waals surface area contributed by atoms with Crippen LogP contribution in [0.15, 0.2) is 34.3 Å². The van der Waals surface area contributed by atoms with Gasteiger partial charge < -0.3 is 42.3 Å². The Morgan fingerprint density at radius 2 is 1.98 bits per heavy atom. The lowest BCUT2D eigenvalue weighted by molar-refractivity contribution is -0.691. The van der Waals surface area contributed by atoms with Gasteiger partial charge >= 0.3 is 17.9 Å². The molecule has 1 fully saturated rings. The van der Waals surface area contributed by atoms with Gasteiger partial charge in [-0.25, -0.2) is 19.1 Å². The zero-order valence-electron chi connectivity index (χ0n) is 23.9. The maximum atomic E-state index is 13.3. The molecule has 240 valence electrons. The normalized spacial score (nSPS) is 18.1. The van der Waals surface area contributed by atoms with Gasteiger partial charge in [0.25, 0.3) is 24.0 Å². The Bertz CT molecular complexity index is 1610. The second-order valence-corrected chi connectivity index (χ2v) is 12.3. The van der Waals surface area contributed by atoms with Gasteiger partial charge in [0, 0.05) is 29.7 Å². The number of hydrogen-bond acceptors (Lipinski definition) is 14. The van der Waals surface area contributed by atoms with E-state index in [4.69, 9.17) is 21.4 Å². The van der Waals surface area contributed by atoms with E-state index in [2.05, 4.69) is 25.8 Å². The van der Waals surface area contributed by atoms with E-state index < -0.39 is 52.5 Å². The number of oxime groups is 1. The Kier molecular flexibility index (Phi) is 9.76. The summed E-state index contributed by atoms with van der Waals surface area (Å²) in [5.41, 5.74) is 9.99. The lowest BCUT2D eigenvalue weighted by Crippen LogP contribution is -2.71. The number of amides is 2. The molecule has 2 aromatic rings. The van der Waals surface area contributed by atoms with Crippen molar-refractivity contribution in [2.45, 2.75) is 50.3 Å². The number of aliphatic carboxylic acids is 3. The summed E-state index contributed by atoms with van der Waals surface area (Å²) >= 11 is 2.24. The lowest BCUT2D eigenvalue weighted by atomic mass is 10.0. The second kappa shape index (κ2) is 13.3. The van der Waals surface area contributed by atoms with Gasteiger partial charge in [0.2, 0.25) is 5.60 Å². The van der Waals surface area contributed by atoms with E-state index in [1.54, 1.807) is 10.8 Å². The Morgan fingerprint density at radius 1 is 1.24 bits per heavy atom. The van der Waals surface area contributed by atoms with Gasteiger partial charge in [-0.05, 0) is 25.3 Å². The third kappa shape index (κ3) is 7.40. The molecule has 0 radical (unpaired) electrons. The number of anilines is 3. The Hall–Kier alpha value is -4.98. The summed E-state index contributed by atoms with van der Waals surface area (Å²) in [7, 11) is 0. The molecule has 0 bridgehead atoms. The van der Waals surface area contributed by atoms with Crippen LogP contribution in [0.1, 0.15) is 32.4 Å². The van der Waals surface area contributed by atoms with Gasteiger partial charge in [-0.1, -0.05) is 5.16 Å². The largest absolute Gasteiger partial charge is 0.481 e. The van der Waals surface area contributed by atoms with Gasteiger partial charge in [-0.3, -0.25) is 19.3 Å². The number of aromatic nitrogens is 3. The summed E-state index contributed by atoms with van der Waals surface area (Å²) in [5, 5.41) is 38.2. The number of rotatable bonds is 14. The molecule has 2 aliphatic rings. The number of carbonyl (C=O) groups is 5.